The smallest absolute Gasteiger partial charge is 0.303 e. The molecule has 0 radical (unpaired) electrons. The molecule has 0 unspecified atom stereocenters. The Bertz CT molecular complexity index is 739. The lowest BCUT2D eigenvalue weighted by atomic mass is 9.81. The minimum Gasteiger partial charge on any atom is -0.494 e. The second-order valence-electron chi connectivity index (χ2n) is 7.19. The quantitative estimate of drug-likeness (QED) is 0.623. The summed E-state index contributed by atoms with van der Waals surface area (Å²) >= 11 is 0. The zero-order valence-electron chi connectivity index (χ0n) is 15.9. The fraction of sp³-hybridized carbons (Fsp3) is 0.364. The molecule has 0 atom stereocenters. The van der Waals surface area contributed by atoms with E-state index in [9.17, 15) is 9.59 Å². The maximum absolute atomic E-state index is 12.3. The number of rotatable bonds is 10. The molecule has 2 N–H and O–H groups in total. The molecule has 0 heterocycles. The predicted octanol–water partition coefficient (Wildman–Crippen LogP) is 3.91. The van der Waals surface area contributed by atoms with Crippen LogP contribution < -0.4 is 10.1 Å². The third-order valence-electron chi connectivity index (χ3n) is 4.37. The standard InChI is InChI=1S/C22H27NO4/c1-22(2,18-7-4-3-5-8-18)15-20(24)23-16-17-10-12-19(13-11-17)27-14-6-9-21(25)26/h3-5,7-8,10-13H,6,9,14-16H2,1-2H3,(H,23,24)(H,25,26). The van der Waals surface area contributed by atoms with Gasteiger partial charge in [-0.15, -0.1) is 0 Å². The molecule has 0 saturated heterocycles. The monoisotopic (exact) mass is 369 g/mol. The maximum Gasteiger partial charge on any atom is 0.303 e. The molecule has 0 aliphatic heterocycles. The first-order valence-electron chi connectivity index (χ1n) is 9.12. The SMILES string of the molecule is CC(C)(CC(=O)NCc1ccc(OCCCC(=O)O)cc1)c1ccccc1. The normalized spacial score (nSPS) is 11.0. The van der Waals surface area contributed by atoms with Crippen LogP contribution in [0.2, 0.25) is 0 Å². The van der Waals surface area contributed by atoms with Crippen molar-refractivity contribution in [2.75, 3.05) is 6.61 Å². The van der Waals surface area contributed by atoms with E-state index in [0.717, 1.165) is 11.1 Å². The number of benzene rings is 2. The van der Waals surface area contributed by atoms with Crippen LogP contribution in [0.3, 0.4) is 0 Å². The van der Waals surface area contributed by atoms with Crippen molar-refractivity contribution >= 4 is 11.9 Å². The zero-order valence-corrected chi connectivity index (χ0v) is 15.9. The molecule has 144 valence electrons. The fourth-order valence-electron chi connectivity index (χ4n) is 2.77. The highest BCUT2D eigenvalue weighted by atomic mass is 16.5. The summed E-state index contributed by atoms with van der Waals surface area (Å²) in [7, 11) is 0. The van der Waals surface area contributed by atoms with Crippen LogP contribution in [-0.2, 0) is 21.5 Å². The van der Waals surface area contributed by atoms with Gasteiger partial charge in [0.15, 0.2) is 0 Å². The van der Waals surface area contributed by atoms with Crippen LogP contribution in [0.15, 0.2) is 54.6 Å². The van der Waals surface area contributed by atoms with Gasteiger partial charge in [0.05, 0.1) is 6.61 Å². The molecule has 0 bridgehead atoms. The highest BCUT2D eigenvalue weighted by molar-refractivity contribution is 5.77. The lowest BCUT2D eigenvalue weighted by molar-refractivity contribution is -0.137. The van der Waals surface area contributed by atoms with E-state index in [-0.39, 0.29) is 17.7 Å². The topological polar surface area (TPSA) is 75.6 Å². The van der Waals surface area contributed by atoms with E-state index in [1.165, 1.54) is 0 Å². The Hall–Kier alpha value is -2.82. The van der Waals surface area contributed by atoms with Crippen LogP contribution in [-0.4, -0.2) is 23.6 Å². The van der Waals surface area contributed by atoms with Gasteiger partial charge in [-0.2, -0.15) is 0 Å². The van der Waals surface area contributed by atoms with Gasteiger partial charge in [0.25, 0.3) is 0 Å². The van der Waals surface area contributed by atoms with E-state index in [1.807, 2.05) is 54.6 Å². The lowest BCUT2D eigenvalue weighted by Gasteiger charge is -2.24. The molecule has 2 aromatic rings. The molecule has 0 aromatic heterocycles. The van der Waals surface area contributed by atoms with Gasteiger partial charge in [-0.25, -0.2) is 0 Å². The summed E-state index contributed by atoms with van der Waals surface area (Å²) in [6.07, 6.45) is 0.996. The number of hydrogen-bond acceptors (Lipinski definition) is 3. The van der Waals surface area contributed by atoms with Crippen molar-refractivity contribution in [3.05, 3.63) is 65.7 Å². The largest absolute Gasteiger partial charge is 0.494 e. The molecule has 5 nitrogen and oxygen atoms in total. The first kappa shape index (κ1) is 20.5. The highest BCUT2D eigenvalue weighted by Crippen LogP contribution is 2.26. The van der Waals surface area contributed by atoms with Crippen LogP contribution in [0, 0.1) is 0 Å². The number of carboxylic acid groups (broad SMARTS) is 1. The summed E-state index contributed by atoms with van der Waals surface area (Å²) in [6.45, 7) is 4.97. The molecule has 0 saturated carbocycles. The molecule has 2 rings (SSSR count). The third kappa shape index (κ3) is 7.13. The van der Waals surface area contributed by atoms with Crippen molar-refractivity contribution < 1.29 is 19.4 Å². The number of carboxylic acids is 1. The van der Waals surface area contributed by atoms with Gasteiger partial charge in [-0.1, -0.05) is 56.3 Å². The maximum atomic E-state index is 12.3. The number of hydrogen-bond donors (Lipinski definition) is 2. The number of amides is 1. The van der Waals surface area contributed by atoms with Gasteiger partial charge < -0.3 is 15.2 Å². The van der Waals surface area contributed by atoms with Gasteiger partial charge in [-0.3, -0.25) is 9.59 Å². The summed E-state index contributed by atoms with van der Waals surface area (Å²) in [4.78, 5) is 22.8. The first-order chi connectivity index (χ1) is 12.9. The molecular formula is C22H27NO4. The average Bonchev–Trinajstić information content (AvgIpc) is 2.65. The van der Waals surface area contributed by atoms with E-state index >= 15 is 0 Å². The van der Waals surface area contributed by atoms with Crippen molar-refractivity contribution in [3.63, 3.8) is 0 Å². The Labute approximate surface area is 160 Å². The summed E-state index contributed by atoms with van der Waals surface area (Å²) in [5.41, 5.74) is 1.90. The Kier molecular flexibility index (Phi) is 7.41. The molecular weight excluding hydrogens is 342 g/mol. The molecule has 0 aliphatic carbocycles. The number of carbonyl (C=O) groups excluding carboxylic acids is 1. The van der Waals surface area contributed by atoms with Crippen LogP contribution in [0.1, 0.15) is 44.2 Å². The van der Waals surface area contributed by atoms with Gasteiger partial charge in [-0.05, 0) is 35.1 Å². The fourth-order valence-corrected chi connectivity index (χ4v) is 2.77. The van der Waals surface area contributed by atoms with Crippen LogP contribution in [0.25, 0.3) is 0 Å². The summed E-state index contributed by atoms with van der Waals surface area (Å²) in [5, 5.41) is 11.6. The number of aliphatic carboxylic acids is 1. The predicted molar refractivity (Wildman–Crippen MR) is 105 cm³/mol. The van der Waals surface area contributed by atoms with Gasteiger partial charge >= 0.3 is 5.97 Å². The van der Waals surface area contributed by atoms with Gasteiger partial charge in [0, 0.05) is 19.4 Å². The van der Waals surface area contributed by atoms with Crippen LogP contribution in [0.5, 0.6) is 5.75 Å². The van der Waals surface area contributed by atoms with Crippen molar-refractivity contribution in [1.29, 1.82) is 0 Å². The van der Waals surface area contributed by atoms with Crippen molar-refractivity contribution in [1.82, 2.24) is 5.32 Å². The first-order valence-corrected chi connectivity index (χ1v) is 9.12. The molecule has 0 aliphatic rings. The molecule has 5 heteroatoms. The highest BCUT2D eigenvalue weighted by Gasteiger charge is 2.23. The van der Waals surface area contributed by atoms with Gasteiger partial charge in [0.2, 0.25) is 5.91 Å². The van der Waals surface area contributed by atoms with E-state index in [2.05, 4.69) is 19.2 Å². The average molecular weight is 369 g/mol. The Balaban J connectivity index is 1.77. The van der Waals surface area contributed by atoms with E-state index in [1.54, 1.807) is 0 Å². The van der Waals surface area contributed by atoms with Crippen molar-refractivity contribution in [3.8, 4) is 5.75 Å². The Morgan fingerprint density at radius 3 is 2.33 bits per heavy atom. The molecule has 1 amide bonds. The number of nitrogens with one attached hydrogen (secondary N) is 1. The van der Waals surface area contributed by atoms with Crippen molar-refractivity contribution in [2.24, 2.45) is 0 Å². The molecule has 0 spiro atoms. The van der Waals surface area contributed by atoms with E-state index in [4.69, 9.17) is 9.84 Å². The zero-order chi connectivity index (χ0) is 19.7. The van der Waals surface area contributed by atoms with E-state index in [0.29, 0.717) is 31.7 Å². The second kappa shape index (κ2) is 9.76. The lowest BCUT2D eigenvalue weighted by Crippen LogP contribution is -2.30. The number of ether oxygens (including phenoxy) is 1. The molecule has 0 fully saturated rings. The van der Waals surface area contributed by atoms with Crippen molar-refractivity contribution in [2.45, 2.75) is 45.1 Å². The van der Waals surface area contributed by atoms with Gasteiger partial charge in [0.1, 0.15) is 5.75 Å². The Morgan fingerprint density at radius 1 is 1.04 bits per heavy atom. The minimum atomic E-state index is -0.819. The second-order valence-corrected chi connectivity index (χ2v) is 7.19. The minimum absolute atomic E-state index is 0.0119. The van der Waals surface area contributed by atoms with E-state index < -0.39 is 5.97 Å². The summed E-state index contributed by atoms with van der Waals surface area (Å²) < 4.78 is 5.50. The number of carbonyl (C=O) groups is 2. The Morgan fingerprint density at radius 2 is 1.70 bits per heavy atom. The summed E-state index contributed by atoms with van der Waals surface area (Å²) in [5.74, 6) is -0.112. The van der Waals surface area contributed by atoms with Crippen LogP contribution in [0.4, 0.5) is 0 Å². The third-order valence-corrected chi connectivity index (χ3v) is 4.37. The molecule has 2 aromatic carbocycles. The van der Waals surface area contributed by atoms with Crippen LogP contribution >= 0.6 is 0 Å². The molecule has 27 heavy (non-hydrogen) atoms. The summed E-state index contributed by atoms with van der Waals surface area (Å²) in [6, 6.07) is 17.5.